The second-order valence-corrected chi connectivity index (χ2v) is 5.43. The molecular weight excluding hydrogens is 254 g/mol. The lowest BCUT2D eigenvalue weighted by Gasteiger charge is -2.20. The number of carbonyl (C=O) groups excluding carboxylic acids is 1. The van der Waals surface area contributed by atoms with Crippen LogP contribution in [-0.2, 0) is 7.05 Å². The molecular formula is C15H19N3O2. The monoisotopic (exact) mass is 273 g/mol. The van der Waals surface area contributed by atoms with Gasteiger partial charge in [-0.05, 0) is 31.0 Å². The molecule has 2 aromatic rings. The Morgan fingerprint density at radius 2 is 1.85 bits per heavy atom. The van der Waals surface area contributed by atoms with Gasteiger partial charge in [-0.15, -0.1) is 0 Å². The molecule has 0 radical (unpaired) electrons. The number of amides is 1. The second kappa shape index (κ2) is 5.15. The van der Waals surface area contributed by atoms with E-state index in [0.717, 1.165) is 37.0 Å². The van der Waals surface area contributed by atoms with Gasteiger partial charge in [-0.25, -0.2) is 4.79 Å². The number of nitrogens with zero attached hydrogens (tertiary/aromatic N) is 2. The third kappa shape index (κ3) is 2.24. The van der Waals surface area contributed by atoms with Crippen LogP contribution in [0.4, 0.5) is 0 Å². The molecule has 1 aromatic heterocycles. The van der Waals surface area contributed by atoms with Gasteiger partial charge >= 0.3 is 5.69 Å². The topological polar surface area (TPSA) is 58.1 Å². The van der Waals surface area contributed by atoms with Crippen molar-refractivity contribution in [2.45, 2.75) is 25.7 Å². The maximum absolute atomic E-state index is 12.5. The third-order valence-electron chi connectivity index (χ3n) is 4.04. The van der Waals surface area contributed by atoms with Crippen molar-refractivity contribution in [3.63, 3.8) is 0 Å². The Morgan fingerprint density at radius 3 is 2.55 bits per heavy atom. The highest BCUT2D eigenvalue weighted by Gasteiger charge is 2.18. The number of fused-ring (bicyclic) bond motifs is 1. The molecule has 0 atom stereocenters. The summed E-state index contributed by atoms with van der Waals surface area (Å²) in [4.78, 5) is 28.8. The van der Waals surface area contributed by atoms with Crippen LogP contribution in [-0.4, -0.2) is 33.4 Å². The van der Waals surface area contributed by atoms with Crippen LogP contribution in [0, 0.1) is 0 Å². The van der Waals surface area contributed by atoms with Crippen molar-refractivity contribution >= 4 is 16.9 Å². The van der Waals surface area contributed by atoms with Crippen LogP contribution in [0.3, 0.4) is 0 Å². The number of aromatic nitrogens is 2. The Balaban J connectivity index is 1.93. The fourth-order valence-electron chi connectivity index (χ4n) is 2.83. The number of likely N-dealkylation sites (tertiary alicyclic amines) is 1. The third-order valence-corrected chi connectivity index (χ3v) is 4.04. The standard InChI is InChI=1S/C15H19N3O2/c1-17-13-7-6-11(10-12(13)16-15(17)20)14(19)18-8-4-2-3-5-9-18/h6-7,10H,2-5,8-9H2,1H3,(H,16,20). The molecule has 1 saturated heterocycles. The number of rotatable bonds is 1. The number of benzene rings is 1. The lowest BCUT2D eigenvalue weighted by molar-refractivity contribution is 0.0762. The molecule has 0 unspecified atom stereocenters. The van der Waals surface area contributed by atoms with E-state index in [9.17, 15) is 9.59 Å². The minimum atomic E-state index is -0.153. The quantitative estimate of drug-likeness (QED) is 0.862. The van der Waals surface area contributed by atoms with E-state index in [1.807, 2.05) is 17.0 Å². The van der Waals surface area contributed by atoms with Gasteiger partial charge in [0.1, 0.15) is 0 Å². The number of hydrogen-bond acceptors (Lipinski definition) is 2. The van der Waals surface area contributed by atoms with Gasteiger partial charge in [0.25, 0.3) is 5.91 Å². The van der Waals surface area contributed by atoms with Crippen molar-refractivity contribution in [2.75, 3.05) is 13.1 Å². The average molecular weight is 273 g/mol. The van der Waals surface area contributed by atoms with Crippen molar-refractivity contribution in [2.24, 2.45) is 7.05 Å². The zero-order valence-corrected chi connectivity index (χ0v) is 11.7. The molecule has 1 aliphatic heterocycles. The van der Waals surface area contributed by atoms with Gasteiger partial charge in [0.2, 0.25) is 0 Å². The van der Waals surface area contributed by atoms with E-state index in [-0.39, 0.29) is 11.6 Å². The second-order valence-electron chi connectivity index (χ2n) is 5.43. The van der Waals surface area contributed by atoms with Gasteiger partial charge in [0.05, 0.1) is 11.0 Å². The molecule has 20 heavy (non-hydrogen) atoms. The van der Waals surface area contributed by atoms with E-state index in [1.54, 1.807) is 17.7 Å². The summed E-state index contributed by atoms with van der Waals surface area (Å²) in [5.41, 5.74) is 2.04. The first kappa shape index (κ1) is 13.0. The van der Waals surface area contributed by atoms with E-state index in [0.29, 0.717) is 5.56 Å². The molecule has 1 amide bonds. The molecule has 1 fully saturated rings. The van der Waals surface area contributed by atoms with Gasteiger partial charge < -0.3 is 9.88 Å². The van der Waals surface area contributed by atoms with E-state index >= 15 is 0 Å². The molecule has 1 aromatic carbocycles. The SMILES string of the molecule is Cn1c(=O)[nH]c2cc(C(=O)N3CCCCCC3)ccc21. The summed E-state index contributed by atoms with van der Waals surface area (Å²) >= 11 is 0. The van der Waals surface area contributed by atoms with E-state index in [4.69, 9.17) is 0 Å². The molecule has 1 aliphatic rings. The molecule has 3 rings (SSSR count). The molecule has 0 spiro atoms. The van der Waals surface area contributed by atoms with Crippen molar-refractivity contribution in [3.8, 4) is 0 Å². The first-order chi connectivity index (χ1) is 9.66. The number of H-pyrrole nitrogens is 1. The van der Waals surface area contributed by atoms with Crippen LogP contribution < -0.4 is 5.69 Å². The summed E-state index contributed by atoms with van der Waals surface area (Å²) in [5.74, 6) is 0.0681. The fraction of sp³-hybridized carbons (Fsp3) is 0.467. The lowest BCUT2D eigenvalue weighted by Crippen LogP contribution is -2.31. The van der Waals surface area contributed by atoms with Gasteiger partial charge in [0, 0.05) is 25.7 Å². The Kier molecular flexibility index (Phi) is 3.34. The molecule has 0 aliphatic carbocycles. The number of aromatic amines is 1. The van der Waals surface area contributed by atoms with Gasteiger partial charge in [-0.3, -0.25) is 9.36 Å². The zero-order valence-electron chi connectivity index (χ0n) is 11.7. The summed E-state index contributed by atoms with van der Waals surface area (Å²) in [6, 6.07) is 5.42. The van der Waals surface area contributed by atoms with Crippen molar-refractivity contribution in [1.29, 1.82) is 0 Å². The molecule has 2 heterocycles. The minimum absolute atomic E-state index is 0.0681. The number of carbonyl (C=O) groups is 1. The highest BCUT2D eigenvalue weighted by atomic mass is 16.2. The van der Waals surface area contributed by atoms with E-state index in [1.165, 1.54) is 12.8 Å². The van der Waals surface area contributed by atoms with E-state index < -0.39 is 0 Å². The van der Waals surface area contributed by atoms with Crippen molar-refractivity contribution in [1.82, 2.24) is 14.5 Å². The maximum atomic E-state index is 12.5. The van der Waals surface area contributed by atoms with E-state index in [2.05, 4.69) is 4.98 Å². The molecule has 5 heteroatoms. The number of hydrogen-bond donors (Lipinski definition) is 1. The predicted molar refractivity (Wildman–Crippen MR) is 77.9 cm³/mol. The van der Waals surface area contributed by atoms with Gasteiger partial charge in [-0.2, -0.15) is 0 Å². The minimum Gasteiger partial charge on any atom is -0.339 e. The molecule has 1 N–H and O–H groups in total. The first-order valence-electron chi connectivity index (χ1n) is 7.15. The highest BCUT2D eigenvalue weighted by molar-refractivity contribution is 5.97. The number of imidazole rings is 1. The maximum Gasteiger partial charge on any atom is 0.326 e. The molecule has 106 valence electrons. The summed E-state index contributed by atoms with van der Waals surface area (Å²) in [5, 5.41) is 0. The summed E-state index contributed by atoms with van der Waals surface area (Å²) < 4.78 is 1.55. The van der Waals surface area contributed by atoms with Crippen LogP contribution in [0.15, 0.2) is 23.0 Å². The lowest BCUT2D eigenvalue weighted by atomic mass is 10.1. The predicted octanol–water partition coefficient (Wildman–Crippen LogP) is 1.88. The Morgan fingerprint density at radius 1 is 1.15 bits per heavy atom. The van der Waals surface area contributed by atoms with Crippen LogP contribution in [0.5, 0.6) is 0 Å². The molecule has 5 nitrogen and oxygen atoms in total. The average Bonchev–Trinajstić information content (AvgIpc) is 2.65. The largest absolute Gasteiger partial charge is 0.339 e. The van der Waals surface area contributed by atoms with Crippen LogP contribution >= 0.6 is 0 Å². The van der Waals surface area contributed by atoms with Crippen LogP contribution in [0.25, 0.3) is 11.0 Å². The normalized spacial score (nSPS) is 16.4. The van der Waals surface area contributed by atoms with Gasteiger partial charge in [-0.1, -0.05) is 12.8 Å². The first-order valence-corrected chi connectivity index (χ1v) is 7.15. The summed E-state index contributed by atoms with van der Waals surface area (Å²) in [7, 11) is 1.72. The number of aryl methyl sites for hydroxylation is 1. The zero-order chi connectivity index (χ0) is 14.1. The Hall–Kier alpha value is -2.04. The van der Waals surface area contributed by atoms with Gasteiger partial charge in [0.15, 0.2) is 0 Å². The van der Waals surface area contributed by atoms with Crippen molar-refractivity contribution < 1.29 is 4.79 Å². The van der Waals surface area contributed by atoms with Crippen molar-refractivity contribution in [3.05, 3.63) is 34.2 Å². The summed E-state index contributed by atoms with van der Waals surface area (Å²) in [6.07, 6.45) is 4.57. The molecule has 0 bridgehead atoms. The number of nitrogens with one attached hydrogen (secondary N) is 1. The van der Waals surface area contributed by atoms with Crippen LogP contribution in [0.2, 0.25) is 0 Å². The fourth-order valence-corrected chi connectivity index (χ4v) is 2.83. The Labute approximate surface area is 117 Å². The highest BCUT2D eigenvalue weighted by Crippen LogP contribution is 2.16. The van der Waals surface area contributed by atoms with Crippen LogP contribution in [0.1, 0.15) is 36.0 Å². The molecule has 0 saturated carbocycles. The summed E-state index contributed by atoms with van der Waals surface area (Å²) in [6.45, 7) is 1.67. The Bertz CT molecular complexity index is 691. The smallest absolute Gasteiger partial charge is 0.326 e.